The van der Waals surface area contributed by atoms with E-state index in [9.17, 15) is 4.79 Å². The molecule has 0 saturated carbocycles. The van der Waals surface area contributed by atoms with E-state index in [4.69, 9.17) is 5.11 Å². The molecular weight excluding hydrogens is 246 g/mol. The second kappa shape index (κ2) is 4.23. The van der Waals surface area contributed by atoms with Crippen LogP contribution in [0.5, 0.6) is 0 Å². The van der Waals surface area contributed by atoms with Gasteiger partial charge in [0, 0.05) is 16.3 Å². The number of pyridine rings is 1. The van der Waals surface area contributed by atoms with E-state index in [1.165, 1.54) is 0 Å². The van der Waals surface area contributed by atoms with E-state index in [1.807, 2.05) is 35.0 Å². The van der Waals surface area contributed by atoms with E-state index in [0.29, 0.717) is 10.9 Å². The molecule has 1 aromatic carbocycles. The smallest absolute Gasteiger partial charge is 0.336 e. The van der Waals surface area contributed by atoms with Crippen molar-refractivity contribution in [3.8, 4) is 11.3 Å². The summed E-state index contributed by atoms with van der Waals surface area (Å²) >= 11 is 1.61. The molecule has 0 spiro atoms. The first-order chi connectivity index (χ1) is 8.75. The molecule has 2 aromatic heterocycles. The fraction of sp³-hybridized carbons (Fsp3) is 0. The Morgan fingerprint density at radius 3 is 2.78 bits per heavy atom. The molecule has 2 heterocycles. The number of hydrogen-bond donors (Lipinski definition) is 1. The number of carboxylic acids is 1. The highest BCUT2D eigenvalue weighted by atomic mass is 32.1. The number of carboxylic acid groups (broad SMARTS) is 1. The van der Waals surface area contributed by atoms with Crippen LogP contribution < -0.4 is 0 Å². The third-order valence-electron chi connectivity index (χ3n) is 2.78. The van der Waals surface area contributed by atoms with Crippen LogP contribution >= 0.6 is 11.3 Å². The molecule has 1 N–H and O–H groups in total. The Kier molecular flexibility index (Phi) is 2.57. The number of carbonyl (C=O) groups is 1. The van der Waals surface area contributed by atoms with Crippen LogP contribution in [0.15, 0.2) is 47.2 Å². The average Bonchev–Trinajstić information content (AvgIpc) is 2.91. The van der Waals surface area contributed by atoms with Gasteiger partial charge in [-0.05, 0) is 35.7 Å². The van der Waals surface area contributed by atoms with Crippen molar-refractivity contribution in [1.82, 2.24) is 4.98 Å². The summed E-state index contributed by atoms with van der Waals surface area (Å²) in [6.45, 7) is 0. The minimum Gasteiger partial charge on any atom is -0.478 e. The lowest BCUT2D eigenvalue weighted by molar-refractivity contribution is 0.0699. The summed E-state index contributed by atoms with van der Waals surface area (Å²) in [6, 6.07) is 10.8. The van der Waals surface area contributed by atoms with Crippen molar-refractivity contribution in [3.63, 3.8) is 0 Å². The number of aromatic nitrogens is 1. The molecule has 0 unspecified atom stereocenters. The van der Waals surface area contributed by atoms with Gasteiger partial charge in [-0.3, -0.25) is 0 Å². The Morgan fingerprint density at radius 1 is 1.17 bits per heavy atom. The normalized spacial score (nSPS) is 10.7. The summed E-state index contributed by atoms with van der Waals surface area (Å²) in [5.74, 6) is -0.925. The van der Waals surface area contributed by atoms with E-state index in [0.717, 1.165) is 11.3 Å². The van der Waals surface area contributed by atoms with Crippen LogP contribution in [-0.2, 0) is 0 Å². The minimum absolute atomic E-state index is 0.289. The molecule has 0 saturated heterocycles. The fourth-order valence-corrected chi connectivity index (χ4v) is 2.56. The third-order valence-corrected chi connectivity index (χ3v) is 3.46. The van der Waals surface area contributed by atoms with E-state index in [2.05, 4.69) is 4.98 Å². The summed E-state index contributed by atoms with van der Waals surface area (Å²) in [7, 11) is 0. The average molecular weight is 255 g/mol. The molecule has 3 aromatic rings. The number of fused-ring (bicyclic) bond motifs is 1. The highest BCUT2D eigenvalue weighted by Gasteiger charge is 2.09. The van der Waals surface area contributed by atoms with Crippen molar-refractivity contribution in [2.24, 2.45) is 0 Å². The van der Waals surface area contributed by atoms with Gasteiger partial charge >= 0.3 is 5.97 Å². The molecule has 0 aliphatic rings. The maximum Gasteiger partial charge on any atom is 0.336 e. The Balaban J connectivity index is 2.23. The van der Waals surface area contributed by atoms with Crippen molar-refractivity contribution >= 4 is 28.2 Å². The first-order valence-electron chi connectivity index (χ1n) is 5.41. The van der Waals surface area contributed by atoms with Crippen molar-refractivity contribution in [1.29, 1.82) is 0 Å². The summed E-state index contributed by atoms with van der Waals surface area (Å²) < 4.78 is 0. The first-order valence-corrected chi connectivity index (χ1v) is 6.35. The van der Waals surface area contributed by atoms with E-state index in [-0.39, 0.29) is 5.56 Å². The lowest BCUT2D eigenvalue weighted by Gasteiger charge is -2.04. The maximum atomic E-state index is 11.1. The maximum absolute atomic E-state index is 11.1. The predicted molar refractivity (Wildman–Crippen MR) is 72.0 cm³/mol. The van der Waals surface area contributed by atoms with Crippen LogP contribution in [0.25, 0.3) is 22.2 Å². The lowest BCUT2D eigenvalue weighted by Crippen LogP contribution is -1.98. The summed E-state index contributed by atoms with van der Waals surface area (Å²) in [4.78, 5) is 15.6. The Hall–Kier alpha value is -2.20. The zero-order valence-corrected chi connectivity index (χ0v) is 10.1. The van der Waals surface area contributed by atoms with Gasteiger partial charge in [0.1, 0.15) is 0 Å². The molecule has 0 fully saturated rings. The SMILES string of the molecule is O=C(O)c1cccc2nc(-c3ccsc3)ccc12. The van der Waals surface area contributed by atoms with Gasteiger partial charge in [0.15, 0.2) is 0 Å². The predicted octanol–water partition coefficient (Wildman–Crippen LogP) is 3.66. The van der Waals surface area contributed by atoms with Crippen LogP contribution in [0.3, 0.4) is 0 Å². The minimum atomic E-state index is -0.925. The van der Waals surface area contributed by atoms with Gasteiger partial charge in [0.25, 0.3) is 0 Å². The summed E-state index contributed by atoms with van der Waals surface area (Å²) in [5, 5.41) is 13.8. The van der Waals surface area contributed by atoms with Crippen molar-refractivity contribution in [3.05, 3.63) is 52.7 Å². The molecule has 0 amide bonds. The summed E-state index contributed by atoms with van der Waals surface area (Å²) in [6.07, 6.45) is 0. The van der Waals surface area contributed by atoms with Crippen LogP contribution in [0, 0.1) is 0 Å². The standard InChI is InChI=1S/C14H9NO2S/c16-14(17)11-2-1-3-13-10(11)4-5-12(15-13)9-6-7-18-8-9/h1-8H,(H,16,17). The number of hydrogen-bond acceptors (Lipinski definition) is 3. The third kappa shape index (κ3) is 1.76. The molecule has 3 rings (SSSR count). The second-order valence-corrected chi connectivity index (χ2v) is 4.67. The van der Waals surface area contributed by atoms with E-state index in [1.54, 1.807) is 23.5 Å². The van der Waals surface area contributed by atoms with Gasteiger partial charge < -0.3 is 5.11 Å². The summed E-state index contributed by atoms with van der Waals surface area (Å²) in [5.41, 5.74) is 2.92. The van der Waals surface area contributed by atoms with Gasteiger partial charge in [0.2, 0.25) is 0 Å². The quantitative estimate of drug-likeness (QED) is 0.760. The molecule has 4 heteroatoms. The Labute approximate surface area is 107 Å². The number of thiophene rings is 1. The van der Waals surface area contributed by atoms with Gasteiger partial charge in [-0.2, -0.15) is 11.3 Å². The first kappa shape index (κ1) is 10.9. The lowest BCUT2D eigenvalue weighted by atomic mass is 10.1. The molecule has 0 aliphatic carbocycles. The highest BCUT2D eigenvalue weighted by molar-refractivity contribution is 7.08. The molecule has 3 nitrogen and oxygen atoms in total. The molecule has 88 valence electrons. The van der Waals surface area contributed by atoms with Crippen molar-refractivity contribution < 1.29 is 9.90 Å². The van der Waals surface area contributed by atoms with E-state index < -0.39 is 5.97 Å². The Morgan fingerprint density at radius 2 is 2.06 bits per heavy atom. The Bertz CT molecular complexity index is 720. The zero-order chi connectivity index (χ0) is 12.5. The topological polar surface area (TPSA) is 50.2 Å². The number of rotatable bonds is 2. The molecule has 0 bridgehead atoms. The fourth-order valence-electron chi connectivity index (χ4n) is 1.91. The van der Waals surface area contributed by atoms with Crippen LogP contribution in [0.4, 0.5) is 0 Å². The van der Waals surface area contributed by atoms with Crippen LogP contribution in [0.1, 0.15) is 10.4 Å². The van der Waals surface area contributed by atoms with Gasteiger partial charge in [-0.25, -0.2) is 9.78 Å². The van der Waals surface area contributed by atoms with Gasteiger partial charge in [0.05, 0.1) is 16.8 Å². The second-order valence-electron chi connectivity index (χ2n) is 3.89. The molecular formula is C14H9NO2S. The number of aromatic carboxylic acids is 1. The van der Waals surface area contributed by atoms with Crippen molar-refractivity contribution in [2.45, 2.75) is 0 Å². The van der Waals surface area contributed by atoms with Gasteiger partial charge in [-0.1, -0.05) is 6.07 Å². The molecule has 0 radical (unpaired) electrons. The molecule has 18 heavy (non-hydrogen) atoms. The van der Waals surface area contributed by atoms with Crippen LogP contribution in [-0.4, -0.2) is 16.1 Å². The molecule has 0 atom stereocenters. The molecule has 0 aliphatic heterocycles. The monoisotopic (exact) mass is 255 g/mol. The van der Waals surface area contributed by atoms with Crippen LogP contribution in [0.2, 0.25) is 0 Å². The van der Waals surface area contributed by atoms with Crippen molar-refractivity contribution in [2.75, 3.05) is 0 Å². The van der Waals surface area contributed by atoms with Gasteiger partial charge in [-0.15, -0.1) is 0 Å². The van der Waals surface area contributed by atoms with E-state index >= 15 is 0 Å². The zero-order valence-electron chi connectivity index (χ0n) is 9.33. The highest BCUT2D eigenvalue weighted by Crippen LogP contribution is 2.24. The number of benzene rings is 1. The number of nitrogens with zero attached hydrogens (tertiary/aromatic N) is 1. The largest absolute Gasteiger partial charge is 0.478 e.